The molecule has 0 atom stereocenters. The number of allylic oxidation sites excluding steroid dienone is 1. The number of hydrogen-bond acceptors (Lipinski definition) is 4. The van der Waals surface area contributed by atoms with Crippen LogP contribution >= 0.6 is 11.6 Å². The highest BCUT2D eigenvalue weighted by atomic mass is 35.5. The maximum absolute atomic E-state index is 12.0. The molecule has 1 N–H and O–H groups in total. The molecule has 112 valence electrons. The van der Waals surface area contributed by atoms with E-state index in [4.69, 9.17) is 11.6 Å². The first kappa shape index (κ1) is 15.5. The number of benzene rings is 1. The van der Waals surface area contributed by atoms with Crippen LogP contribution in [0.3, 0.4) is 0 Å². The van der Waals surface area contributed by atoms with E-state index >= 15 is 0 Å². The Hall–Kier alpha value is -1.86. The Morgan fingerprint density at radius 3 is 2.57 bits per heavy atom. The molecule has 1 heterocycles. The zero-order chi connectivity index (χ0) is 15.6. The lowest BCUT2D eigenvalue weighted by molar-refractivity contribution is -0.121. The van der Waals surface area contributed by atoms with Gasteiger partial charge < -0.3 is 0 Å². The molecule has 0 saturated heterocycles. The highest BCUT2D eigenvalue weighted by molar-refractivity contribution is 7.87. The summed E-state index contributed by atoms with van der Waals surface area (Å²) in [4.78, 5) is 16.1. The van der Waals surface area contributed by atoms with Crippen molar-refractivity contribution in [1.29, 1.82) is 0 Å². The van der Waals surface area contributed by atoms with Crippen LogP contribution in [0.4, 0.5) is 0 Å². The average molecular weight is 328 g/mol. The maximum atomic E-state index is 12.0. The van der Waals surface area contributed by atoms with Crippen molar-refractivity contribution < 1.29 is 13.2 Å². The molecule has 0 unspecified atom stereocenters. The van der Waals surface area contributed by atoms with E-state index in [0.29, 0.717) is 15.9 Å². The quantitative estimate of drug-likeness (QED) is 0.854. The Labute approximate surface area is 128 Å². The van der Waals surface area contributed by atoms with Gasteiger partial charge in [0, 0.05) is 24.0 Å². The Morgan fingerprint density at radius 1 is 1.33 bits per heavy atom. The molecular formula is C13H14ClN3O3S. The molecule has 21 heavy (non-hydrogen) atoms. The summed E-state index contributed by atoms with van der Waals surface area (Å²) in [5.41, 5.74) is 1.42. The molecular weight excluding hydrogens is 314 g/mol. The topological polar surface area (TPSA) is 78.8 Å². The minimum atomic E-state index is -3.78. The molecule has 1 amide bonds. The van der Waals surface area contributed by atoms with E-state index in [9.17, 15) is 13.2 Å². The van der Waals surface area contributed by atoms with Crippen molar-refractivity contribution in [1.82, 2.24) is 9.03 Å². The predicted molar refractivity (Wildman–Crippen MR) is 81.2 cm³/mol. The summed E-state index contributed by atoms with van der Waals surface area (Å²) in [7, 11) is -2.58. The van der Waals surface area contributed by atoms with Crippen LogP contribution in [0.1, 0.15) is 12.5 Å². The third-order valence-corrected chi connectivity index (χ3v) is 4.67. The molecule has 0 fully saturated rings. The first-order chi connectivity index (χ1) is 9.81. The maximum Gasteiger partial charge on any atom is 0.325 e. The van der Waals surface area contributed by atoms with Crippen molar-refractivity contribution in [2.75, 3.05) is 7.05 Å². The first-order valence-electron chi connectivity index (χ1n) is 6.07. The minimum Gasteiger partial charge on any atom is -0.288 e. The Morgan fingerprint density at radius 2 is 1.95 bits per heavy atom. The van der Waals surface area contributed by atoms with E-state index in [0.717, 1.165) is 5.56 Å². The molecule has 0 radical (unpaired) electrons. The molecule has 6 nitrogen and oxygen atoms in total. The van der Waals surface area contributed by atoms with Crippen molar-refractivity contribution in [3.05, 3.63) is 46.1 Å². The van der Waals surface area contributed by atoms with Gasteiger partial charge in [0.1, 0.15) is 0 Å². The third kappa shape index (κ3) is 3.43. The van der Waals surface area contributed by atoms with Gasteiger partial charge in [-0.15, -0.1) is 0 Å². The SMILES string of the molecule is CC1=C(C=NCc2ccc(Cl)cc2)C(=O)N(C)S(=O)(=O)N1. The molecule has 1 aliphatic heterocycles. The molecule has 0 spiro atoms. The molecule has 1 aromatic carbocycles. The number of rotatable bonds is 3. The average Bonchev–Trinajstić information content (AvgIpc) is 2.42. The first-order valence-corrected chi connectivity index (χ1v) is 7.89. The van der Waals surface area contributed by atoms with Crippen LogP contribution in [0.2, 0.25) is 5.02 Å². The highest BCUT2D eigenvalue weighted by Gasteiger charge is 2.32. The van der Waals surface area contributed by atoms with Gasteiger partial charge in [0.15, 0.2) is 0 Å². The number of carbonyl (C=O) groups excluding carboxylic acids is 1. The third-order valence-electron chi connectivity index (χ3n) is 2.97. The lowest BCUT2D eigenvalue weighted by Crippen LogP contribution is -2.47. The van der Waals surface area contributed by atoms with E-state index in [2.05, 4.69) is 9.71 Å². The Kier molecular flexibility index (Phi) is 4.34. The lowest BCUT2D eigenvalue weighted by atomic mass is 10.2. The molecule has 1 aromatic rings. The zero-order valence-corrected chi connectivity index (χ0v) is 13.1. The summed E-state index contributed by atoms with van der Waals surface area (Å²) in [5, 5.41) is 0.639. The molecule has 0 aromatic heterocycles. The number of nitrogens with one attached hydrogen (secondary N) is 1. The van der Waals surface area contributed by atoms with Crippen molar-refractivity contribution in [3.63, 3.8) is 0 Å². The summed E-state index contributed by atoms with van der Waals surface area (Å²) >= 11 is 5.79. The van der Waals surface area contributed by atoms with Crippen LogP contribution in [0.15, 0.2) is 40.5 Å². The van der Waals surface area contributed by atoms with Crippen LogP contribution in [-0.4, -0.2) is 31.9 Å². The predicted octanol–water partition coefficient (Wildman–Crippen LogP) is 1.49. The fraction of sp³-hybridized carbons (Fsp3) is 0.231. The fourth-order valence-electron chi connectivity index (χ4n) is 1.74. The molecule has 8 heteroatoms. The van der Waals surface area contributed by atoms with Gasteiger partial charge in [-0.05, 0) is 24.6 Å². The molecule has 1 aliphatic rings. The Bertz CT molecular complexity index is 724. The largest absolute Gasteiger partial charge is 0.325 e. The van der Waals surface area contributed by atoms with Crippen LogP contribution in [0.25, 0.3) is 0 Å². The number of halogens is 1. The van der Waals surface area contributed by atoms with Gasteiger partial charge in [0.25, 0.3) is 5.91 Å². The van der Waals surface area contributed by atoms with Crippen LogP contribution in [-0.2, 0) is 21.5 Å². The van der Waals surface area contributed by atoms with Gasteiger partial charge in [-0.2, -0.15) is 8.42 Å². The second kappa shape index (κ2) is 5.87. The molecule has 0 saturated carbocycles. The molecule has 0 bridgehead atoms. The van der Waals surface area contributed by atoms with E-state index in [1.54, 1.807) is 12.1 Å². The van der Waals surface area contributed by atoms with Crippen LogP contribution in [0, 0.1) is 0 Å². The highest BCUT2D eigenvalue weighted by Crippen LogP contribution is 2.15. The number of carbonyl (C=O) groups is 1. The van der Waals surface area contributed by atoms with Gasteiger partial charge in [-0.1, -0.05) is 23.7 Å². The standard InChI is InChI=1S/C13H14ClN3O3S/c1-9-12(13(18)17(2)21(19,20)16-9)8-15-7-10-3-5-11(14)6-4-10/h3-6,8,16H,7H2,1-2H3. The normalized spacial score (nSPS) is 18.2. The summed E-state index contributed by atoms with van der Waals surface area (Å²) in [6.07, 6.45) is 1.38. The number of likely N-dealkylation sites (N-methyl/N-ethyl adjacent to an activating group) is 1. The summed E-state index contributed by atoms with van der Waals surface area (Å²) in [6.45, 7) is 1.89. The second-order valence-electron chi connectivity index (χ2n) is 4.51. The van der Waals surface area contributed by atoms with Crippen molar-refractivity contribution >= 4 is 33.9 Å². The fourth-order valence-corrected chi connectivity index (χ4v) is 2.82. The van der Waals surface area contributed by atoms with Crippen molar-refractivity contribution in [2.45, 2.75) is 13.5 Å². The van der Waals surface area contributed by atoms with Crippen molar-refractivity contribution in [2.24, 2.45) is 4.99 Å². The summed E-state index contributed by atoms with van der Waals surface area (Å²) < 4.78 is 26.1. The lowest BCUT2D eigenvalue weighted by Gasteiger charge is -2.25. The van der Waals surface area contributed by atoms with E-state index in [-0.39, 0.29) is 11.3 Å². The zero-order valence-electron chi connectivity index (χ0n) is 11.5. The smallest absolute Gasteiger partial charge is 0.288 e. The summed E-state index contributed by atoms with van der Waals surface area (Å²) in [6, 6.07) is 7.17. The van der Waals surface area contributed by atoms with Gasteiger partial charge >= 0.3 is 10.2 Å². The van der Waals surface area contributed by atoms with Crippen LogP contribution in [0.5, 0.6) is 0 Å². The number of amides is 1. The van der Waals surface area contributed by atoms with Gasteiger partial charge in [0.05, 0.1) is 12.1 Å². The van der Waals surface area contributed by atoms with Crippen LogP contribution < -0.4 is 4.72 Å². The molecule has 2 rings (SSSR count). The summed E-state index contributed by atoms with van der Waals surface area (Å²) in [5.74, 6) is -0.605. The monoisotopic (exact) mass is 327 g/mol. The Balaban J connectivity index is 2.16. The number of aliphatic imine (C=N–C) groups is 1. The van der Waals surface area contributed by atoms with E-state index in [1.807, 2.05) is 12.1 Å². The second-order valence-corrected chi connectivity index (χ2v) is 6.65. The van der Waals surface area contributed by atoms with E-state index in [1.165, 1.54) is 20.2 Å². The van der Waals surface area contributed by atoms with E-state index < -0.39 is 16.1 Å². The number of nitrogens with zero attached hydrogens (tertiary/aromatic N) is 2. The van der Waals surface area contributed by atoms with Gasteiger partial charge in [-0.25, -0.2) is 4.31 Å². The minimum absolute atomic E-state index is 0.223. The molecule has 0 aliphatic carbocycles. The van der Waals surface area contributed by atoms with Crippen molar-refractivity contribution in [3.8, 4) is 0 Å². The number of hydrogen-bond donors (Lipinski definition) is 1. The van der Waals surface area contributed by atoms with Gasteiger partial charge in [0.2, 0.25) is 0 Å². The van der Waals surface area contributed by atoms with Gasteiger partial charge in [-0.3, -0.25) is 14.5 Å².